The van der Waals surface area contributed by atoms with Crippen LogP contribution in [0.15, 0.2) is 24.3 Å². The van der Waals surface area contributed by atoms with E-state index >= 15 is 0 Å². The molecule has 2 rings (SSSR count). The topological polar surface area (TPSA) is 86.7 Å². The summed E-state index contributed by atoms with van der Waals surface area (Å²) in [5.41, 5.74) is 1.15. The molecule has 0 radical (unpaired) electrons. The number of nitrogens with zero attached hydrogens (tertiary/aromatic N) is 1. The summed E-state index contributed by atoms with van der Waals surface area (Å²) < 4.78 is 0. The zero-order valence-electron chi connectivity index (χ0n) is 13.4. The van der Waals surface area contributed by atoms with Gasteiger partial charge in [0, 0.05) is 30.8 Å². The van der Waals surface area contributed by atoms with Crippen LogP contribution in [0.25, 0.3) is 0 Å². The molecule has 1 aromatic rings. The zero-order chi connectivity index (χ0) is 17.0. The Hall–Kier alpha value is -2.37. The molecular weight excluding hydrogens is 296 g/mol. The van der Waals surface area contributed by atoms with E-state index in [1.165, 1.54) is 4.90 Å². The number of anilines is 1. The fraction of sp³-hybridized carbons (Fsp3) is 0.471. The molecule has 1 saturated heterocycles. The minimum absolute atomic E-state index is 0.0203. The lowest BCUT2D eigenvalue weighted by Crippen LogP contribution is -2.28. The fourth-order valence-corrected chi connectivity index (χ4v) is 2.43. The van der Waals surface area contributed by atoms with Crippen molar-refractivity contribution < 1.29 is 19.5 Å². The number of amides is 2. The highest BCUT2D eigenvalue weighted by molar-refractivity contribution is 6.00. The van der Waals surface area contributed by atoms with Crippen molar-refractivity contribution >= 4 is 23.5 Å². The number of rotatable bonds is 6. The molecule has 1 aliphatic rings. The van der Waals surface area contributed by atoms with Crippen LogP contribution in [0.4, 0.5) is 5.69 Å². The van der Waals surface area contributed by atoms with Gasteiger partial charge in [-0.2, -0.15) is 0 Å². The van der Waals surface area contributed by atoms with E-state index in [2.05, 4.69) is 19.2 Å². The van der Waals surface area contributed by atoms with E-state index in [4.69, 9.17) is 5.11 Å². The van der Waals surface area contributed by atoms with Gasteiger partial charge >= 0.3 is 5.97 Å². The average molecular weight is 318 g/mol. The Labute approximate surface area is 135 Å². The van der Waals surface area contributed by atoms with E-state index in [-0.39, 0.29) is 24.8 Å². The minimum Gasteiger partial charge on any atom is -0.481 e. The maximum Gasteiger partial charge on any atom is 0.308 e. The largest absolute Gasteiger partial charge is 0.481 e. The number of carboxylic acids is 1. The number of benzene rings is 1. The number of carbonyl (C=O) groups excluding carboxylic acids is 2. The first-order chi connectivity index (χ1) is 10.9. The lowest BCUT2D eigenvalue weighted by molar-refractivity contribution is -0.141. The van der Waals surface area contributed by atoms with Crippen LogP contribution in [0, 0.1) is 11.8 Å². The van der Waals surface area contributed by atoms with Gasteiger partial charge in [-0.3, -0.25) is 14.4 Å². The standard InChI is InChI=1S/C17H22N2O4/c1-3-11(2)9-18-16(21)12-4-6-14(7-5-12)19-10-13(17(22)23)8-15(19)20/h4-7,11,13H,3,8-10H2,1-2H3,(H,18,21)(H,22,23). The molecule has 0 saturated carbocycles. The molecule has 1 heterocycles. The summed E-state index contributed by atoms with van der Waals surface area (Å²) >= 11 is 0. The predicted octanol–water partition coefficient (Wildman–Crippen LogP) is 1.90. The lowest BCUT2D eigenvalue weighted by Gasteiger charge is -2.16. The van der Waals surface area contributed by atoms with Crippen LogP contribution in [-0.4, -0.2) is 36.0 Å². The molecule has 0 aromatic heterocycles. The van der Waals surface area contributed by atoms with Crippen molar-refractivity contribution in [2.45, 2.75) is 26.7 Å². The van der Waals surface area contributed by atoms with Crippen molar-refractivity contribution in [1.29, 1.82) is 0 Å². The molecule has 2 atom stereocenters. The molecule has 1 aromatic carbocycles. The fourth-order valence-electron chi connectivity index (χ4n) is 2.43. The van der Waals surface area contributed by atoms with E-state index < -0.39 is 11.9 Å². The molecule has 23 heavy (non-hydrogen) atoms. The molecule has 0 aliphatic carbocycles. The summed E-state index contributed by atoms with van der Waals surface area (Å²) in [5, 5.41) is 11.9. The number of aliphatic carboxylic acids is 1. The number of hydrogen-bond donors (Lipinski definition) is 2. The summed E-state index contributed by atoms with van der Waals surface area (Å²) in [6.45, 7) is 4.94. The Morgan fingerprint density at radius 2 is 2.00 bits per heavy atom. The highest BCUT2D eigenvalue weighted by Crippen LogP contribution is 2.25. The number of carbonyl (C=O) groups is 3. The molecule has 2 unspecified atom stereocenters. The van der Waals surface area contributed by atoms with Gasteiger partial charge < -0.3 is 15.3 Å². The van der Waals surface area contributed by atoms with Crippen molar-refractivity contribution in [3.63, 3.8) is 0 Å². The third-order valence-electron chi connectivity index (χ3n) is 4.22. The molecular formula is C17H22N2O4. The minimum atomic E-state index is -0.957. The van der Waals surface area contributed by atoms with Crippen molar-refractivity contribution in [3.05, 3.63) is 29.8 Å². The maximum atomic E-state index is 12.0. The van der Waals surface area contributed by atoms with Gasteiger partial charge in [0.25, 0.3) is 5.91 Å². The second kappa shape index (κ2) is 7.26. The SMILES string of the molecule is CCC(C)CNC(=O)c1ccc(N2CC(C(=O)O)CC2=O)cc1. The number of nitrogens with one attached hydrogen (secondary N) is 1. The van der Waals surface area contributed by atoms with Gasteiger partial charge in [0.1, 0.15) is 0 Å². The van der Waals surface area contributed by atoms with E-state index in [1.54, 1.807) is 24.3 Å². The average Bonchev–Trinajstić information content (AvgIpc) is 2.94. The molecule has 0 bridgehead atoms. The van der Waals surface area contributed by atoms with Crippen LogP contribution in [0.2, 0.25) is 0 Å². The number of carboxylic acid groups (broad SMARTS) is 1. The van der Waals surface area contributed by atoms with Crippen LogP contribution in [0.3, 0.4) is 0 Å². The molecule has 124 valence electrons. The Balaban J connectivity index is 2.01. The van der Waals surface area contributed by atoms with E-state index in [9.17, 15) is 14.4 Å². The Morgan fingerprint density at radius 3 is 2.52 bits per heavy atom. The molecule has 0 spiro atoms. The van der Waals surface area contributed by atoms with Crippen molar-refractivity contribution in [1.82, 2.24) is 5.32 Å². The summed E-state index contributed by atoms with van der Waals surface area (Å²) in [6, 6.07) is 6.67. The summed E-state index contributed by atoms with van der Waals surface area (Å²) in [7, 11) is 0. The number of hydrogen-bond acceptors (Lipinski definition) is 3. The molecule has 2 amide bonds. The van der Waals surface area contributed by atoms with E-state index in [0.29, 0.717) is 23.7 Å². The highest BCUT2D eigenvalue weighted by atomic mass is 16.4. The first-order valence-corrected chi connectivity index (χ1v) is 7.83. The quantitative estimate of drug-likeness (QED) is 0.838. The Morgan fingerprint density at radius 1 is 1.35 bits per heavy atom. The van der Waals surface area contributed by atoms with Gasteiger partial charge in [-0.1, -0.05) is 20.3 Å². The second-order valence-electron chi connectivity index (χ2n) is 6.01. The molecule has 1 fully saturated rings. The van der Waals surface area contributed by atoms with Gasteiger partial charge in [0.2, 0.25) is 5.91 Å². The van der Waals surface area contributed by atoms with Crippen LogP contribution < -0.4 is 10.2 Å². The molecule has 2 N–H and O–H groups in total. The van der Waals surface area contributed by atoms with Gasteiger partial charge in [0.15, 0.2) is 0 Å². The monoisotopic (exact) mass is 318 g/mol. The van der Waals surface area contributed by atoms with Crippen LogP contribution in [0.1, 0.15) is 37.0 Å². The lowest BCUT2D eigenvalue weighted by atomic mass is 10.1. The maximum absolute atomic E-state index is 12.0. The molecule has 1 aliphatic heterocycles. The van der Waals surface area contributed by atoms with Gasteiger partial charge in [0.05, 0.1) is 5.92 Å². The Kier molecular flexibility index (Phi) is 5.36. The normalized spacial score (nSPS) is 18.8. The van der Waals surface area contributed by atoms with Crippen molar-refractivity contribution in [2.24, 2.45) is 11.8 Å². The van der Waals surface area contributed by atoms with Crippen molar-refractivity contribution in [3.8, 4) is 0 Å². The van der Waals surface area contributed by atoms with Crippen LogP contribution in [-0.2, 0) is 9.59 Å². The van der Waals surface area contributed by atoms with Crippen molar-refractivity contribution in [2.75, 3.05) is 18.0 Å². The Bertz CT molecular complexity index is 597. The third-order valence-corrected chi connectivity index (χ3v) is 4.22. The summed E-state index contributed by atoms with van der Waals surface area (Å²) in [5.74, 6) is -1.55. The highest BCUT2D eigenvalue weighted by Gasteiger charge is 2.34. The molecule has 6 nitrogen and oxygen atoms in total. The zero-order valence-corrected chi connectivity index (χ0v) is 13.4. The van der Waals surface area contributed by atoms with E-state index in [1.807, 2.05) is 0 Å². The predicted molar refractivity (Wildman–Crippen MR) is 86.3 cm³/mol. The first kappa shape index (κ1) is 17.0. The van der Waals surface area contributed by atoms with Gasteiger partial charge in [-0.15, -0.1) is 0 Å². The smallest absolute Gasteiger partial charge is 0.308 e. The van der Waals surface area contributed by atoms with Gasteiger partial charge in [-0.25, -0.2) is 0 Å². The van der Waals surface area contributed by atoms with E-state index in [0.717, 1.165) is 6.42 Å². The first-order valence-electron chi connectivity index (χ1n) is 7.83. The van der Waals surface area contributed by atoms with Gasteiger partial charge in [-0.05, 0) is 30.2 Å². The summed E-state index contributed by atoms with van der Waals surface area (Å²) in [6.07, 6.45) is 1.02. The van der Waals surface area contributed by atoms with Crippen LogP contribution in [0.5, 0.6) is 0 Å². The third kappa shape index (κ3) is 4.09. The second-order valence-corrected chi connectivity index (χ2v) is 6.01. The molecule has 6 heteroatoms. The summed E-state index contributed by atoms with van der Waals surface area (Å²) in [4.78, 5) is 36.4. The van der Waals surface area contributed by atoms with Crippen LogP contribution >= 0.6 is 0 Å².